The molecule has 0 saturated heterocycles. The summed E-state index contributed by atoms with van der Waals surface area (Å²) in [5.74, 6) is -2.34. The molecule has 1 aromatic heterocycles. The number of amides is 1. The Kier molecular flexibility index (Phi) is 10.8. The summed E-state index contributed by atoms with van der Waals surface area (Å²) in [6.45, 7) is 2.16. The third kappa shape index (κ3) is 9.75. The fraction of sp³-hybridized carbons (Fsp3) is 0.273. The molecule has 0 aliphatic carbocycles. The van der Waals surface area contributed by atoms with Crippen molar-refractivity contribution >= 4 is 43.9 Å². The highest BCUT2D eigenvalue weighted by atomic mass is 32.2. The molecule has 0 unspecified atom stereocenters. The number of carboxylic acids is 1. The van der Waals surface area contributed by atoms with E-state index in [1.165, 1.54) is 13.1 Å². The number of carbonyl (C=O) groups is 2. The number of halogens is 4. The van der Waals surface area contributed by atoms with E-state index in [1.807, 2.05) is 0 Å². The van der Waals surface area contributed by atoms with Crippen molar-refractivity contribution < 1.29 is 51.1 Å². The lowest BCUT2D eigenvalue weighted by molar-refractivity contribution is -0.137. The fourth-order valence-electron chi connectivity index (χ4n) is 3.02. The molecular formula is C22H23F4N4O7PS. The summed E-state index contributed by atoms with van der Waals surface area (Å²) in [4.78, 5) is 50.3. The number of carboxylic acid groups (broad SMARTS) is 1. The van der Waals surface area contributed by atoms with Gasteiger partial charge in [0.1, 0.15) is 17.5 Å². The van der Waals surface area contributed by atoms with Crippen LogP contribution in [0.1, 0.15) is 35.9 Å². The van der Waals surface area contributed by atoms with Gasteiger partial charge in [-0.05, 0) is 38.1 Å². The molecule has 1 amide bonds. The Morgan fingerprint density at radius 2 is 1.97 bits per heavy atom. The molecule has 39 heavy (non-hydrogen) atoms. The van der Waals surface area contributed by atoms with Crippen molar-refractivity contribution in [3.8, 4) is 0 Å². The molecular weight excluding hydrogens is 571 g/mol. The molecule has 1 heterocycles. The second-order valence-corrected chi connectivity index (χ2v) is 10.2. The van der Waals surface area contributed by atoms with Crippen molar-refractivity contribution in [3.63, 3.8) is 0 Å². The Morgan fingerprint density at radius 3 is 2.51 bits per heavy atom. The van der Waals surface area contributed by atoms with Crippen molar-refractivity contribution in [1.82, 2.24) is 14.9 Å². The zero-order valence-corrected chi connectivity index (χ0v) is 22.1. The smallest absolute Gasteiger partial charge is 0.469 e. The Balaban J connectivity index is 2.54. The molecule has 0 fully saturated rings. The topological polar surface area (TPSA) is 176 Å². The number of nitrogens with two attached hydrogens (primary N) is 1. The molecule has 1 aromatic carbocycles. The number of alkyl halides is 3. The van der Waals surface area contributed by atoms with Crippen LogP contribution in [0.15, 0.2) is 39.9 Å². The van der Waals surface area contributed by atoms with Crippen LogP contribution in [0.2, 0.25) is 0 Å². The lowest BCUT2D eigenvalue weighted by atomic mass is 10.1. The molecule has 11 nitrogen and oxygen atoms in total. The van der Waals surface area contributed by atoms with Crippen LogP contribution in [-0.2, 0) is 31.4 Å². The maximum Gasteiger partial charge on any atom is 0.469 e. The molecule has 2 rings (SSSR count). The van der Waals surface area contributed by atoms with E-state index >= 15 is 0 Å². The number of hydrogen-bond donors (Lipinski definition) is 4. The summed E-state index contributed by atoms with van der Waals surface area (Å²) >= 11 is 0.432. The lowest BCUT2D eigenvalue weighted by Gasteiger charge is -2.22. The van der Waals surface area contributed by atoms with E-state index in [4.69, 9.17) is 15.5 Å². The number of benzene rings is 1. The van der Waals surface area contributed by atoms with E-state index in [2.05, 4.69) is 14.5 Å². The number of nitrogens with zero attached hydrogens (tertiary/aromatic N) is 3. The molecule has 0 radical (unpaired) electrons. The van der Waals surface area contributed by atoms with E-state index in [1.54, 1.807) is 6.92 Å². The van der Waals surface area contributed by atoms with E-state index < -0.39 is 48.4 Å². The van der Waals surface area contributed by atoms with E-state index in [-0.39, 0.29) is 29.4 Å². The third-order valence-electron chi connectivity index (χ3n) is 4.96. The number of phosphoric ester groups is 1. The largest absolute Gasteiger partial charge is 0.477 e. The molecule has 17 heteroatoms. The highest BCUT2D eigenvalue weighted by Crippen LogP contribution is 2.39. The van der Waals surface area contributed by atoms with E-state index in [0.29, 0.717) is 53.8 Å². The molecule has 212 valence electrons. The first-order valence-electron chi connectivity index (χ1n) is 10.7. The lowest BCUT2D eigenvalue weighted by Crippen LogP contribution is -2.22. The monoisotopic (exact) mass is 594 g/mol. The number of anilines is 1. The van der Waals surface area contributed by atoms with Gasteiger partial charge in [0.05, 0.1) is 23.6 Å². The van der Waals surface area contributed by atoms with Crippen LogP contribution in [0.4, 0.5) is 23.4 Å². The summed E-state index contributed by atoms with van der Waals surface area (Å²) in [7, 11) is -4.92. The van der Waals surface area contributed by atoms with Crippen LogP contribution in [-0.4, -0.2) is 48.7 Å². The number of aliphatic carboxylic acids is 1. The summed E-state index contributed by atoms with van der Waals surface area (Å²) in [5, 5.41) is 9.71. The maximum atomic E-state index is 14.3. The fourth-order valence-corrected chi connectivity index (χ4v) is 4.33. The second kappa shape index (κ2) is 13.2. The first-order valence-corrected chi connectivity index (χ1v) is 13.1. The average Bonchev–Trinajstić information content (AvgIpc) is 2.81. The van der Waals surface area contributed by atoms with Crippen molar-refractivity contribution in [2.24, 2.45) is 0 Å². The standard InChI is InChI=1S/C22H23F4N4O7PS/c1-12(30(11-31)10-15-9-28-13(2)29-20(15)27)18(5-6-37-38(34,35)36)39-19(21(32)33)8-14-7-16(22(24,25)26)3-4-17(14)23/h3-4,7-9,11H,5-6,10H2,1-2H3,(H,32,33)(H2,27,28,29)(H2,34,35,36)/b18-12-,19-8+. The molecule has 5 N–H and O–H groups in total. The van der Waals surface area contributed by atoms with Crippen LogP contribution in [0.5, 0.6) is 0 Å². The van der Waals surface area contributed by atoms with Crippen LogP contribution in [0.3, 0.4) is 0 Å². The first kappa shape index (κ1) is 31.9. The van der Waals surface area contributed by atoms with Gasteiger partial charge in [-0.1, -0.05) is 11.8 Å². The molecule has 0 aliphatic heterocycles. The van der Waals surface area contributed by atoms with Crippen LogP contribution in [0, 0.1) is 12.7 Å². The average molecular weight is 594 g/mol. The number of phosphoric acid groups is 1. The summed E-state index contributed by atoms with van der Waals surface area (Å²) in [6.07, 6.45) is -2.76. The number of thioether (sulfide) groups is 1. The van der Waals surface area contributed by atoms with Gasteiger partial charge in [-0.25, -0.2) is 23.7 Å². The number of allylic oxidation sites excluding steroid dienone is 1. The molecule has 0 saturated carbocycles. The predicted octanol–water partition coefficient (Wildman–Crippen LogP) is 4.07. The predicted molar refractivity (Wildman–Crippen MR) is 133 cm³/mol. The SMILES string of the molecule is C/C(=C(\CCOP(=O)(O)O)S/C(=C/c1cc(C(F)(F)F)ccc1F)C(=O)O)N(C=O)Cc1cnc(C)nc1N. The van der Waals surface area contributed by atoms with Gasteiger partial charge in [-0.15, -0.1) is 0 Å². The molecule has 0 atom stereocenters. The first-order chi connectivity index (χ1) is 18.0. The van der Waals surface area contributed by atoms with E-state index in [9.17, 15) is 36.8 Å². The van der Waals surface area contributed by atoms with Crippen molar-refractivity contribution in [2.75, 3.05) is 12.3 Å². The van der Waals surface area contributed by atoms with Crippen molar-refractivity contribution in [1.29, 1.82) is 0 Å². The van der Waals surface area contributed by atoms with Gasteiger partial charge in [0.15, 0.2) is 0 Å². The zero-order valence-electron chi connectivity index (χ0n) is 20.3. The van der Waals surface area contributed by atoms with Gasteiger partial charge in [0, 0.05) is 34.3 Å². The molecule has 2 aromatic rings. The van der Waals surface area contributed by atoms with Crippen LogP contribution in [0.25, 0.3) is 6.08 Å². The quantitative estimate of drug-likeness (QED) is 0.121. The van der Waals surface area contributed by atoms with Crippen molar-refractivity contribution in [3.05, 3.63) is 68.2 Å². The van der Waals surface area contributed by atoms with E-state index in [0.717, 1.165) is 4.90 Å². The Bertz CT molecular complexity index is 1350. The van der Waals surface area contributed by atoms with Crippen LogP contribution < -0.4 is 5.73 Å². The zero-order chi connectivity index (χ0) is 29.5. The Labute approximate surface area is 223 Å². The van der Waals surface area contributed by atoms with Gasteiger partial charge in [0.25, 0.3) is 0 Å². The number of rotatable bonds is 12. The Hall–Kier alpha value is -3.30. The number of aromatic nitrogens is 2. The molecule has 0 aliphatic rings. The van der Waals surface area contributed by atoms with Gasteiger partial charge < -0.3 is 25.5 Å². The van der Waals surface area contributed by atoms with Crippen molar-refractivity contribution in [2.45, 2.75) is 33.0 Å². The Morgan fingerprint density at radius 1 is 1.31 bits per heavy atom. The highest BCUT2D eigenvalue weighted by molar-refractivity contribution is 8.07. The third-order valence-corrected chi connectivity index (χ3v) is 6.74. The minimum atomic E-state index is -4.92. The highest BCUT2D eigenvalue weighted by Gasteiger charge is 2.31. The van der Waals surface area contributed by atoms with Crippen LogP contribution >= 0.6 is 19.6 Å². The molecule has 0 bridgehead atoms. The number of aryl methyl sites for hydroxylation is 1. The number of carbonyl (C=O) groups excluding carboxylic acids is 1. The van der Waals surface area contributed by atoms with Gasteiger partial charge in [0.2, 0.25) is 6.41 Å². The van der Waals surface area contributed by atoms with Gasteiger partial charge in [-0.3, -0.25) is 9.32 Å². The minimum absolute atomic E-state index is 0.0168. The van der Waals surface area contributed by atoms with Gasteiger partial charge in [-0.2, -0.15) is 13.2 Å². The maximum absolute atomic E-state index is 14.3. The second-order valence-electron chi connectivity index (χ2n) is 7.79. The summed E-state index contributed by atoms with van der Waals surface area (Å²) < 4.78 is 69.1. The summed E-state index contributed by atoms with van der Waals surface area (Å²) in [5.41, 5.74) is 4.39. The molecule has 0 spiro atoms. The summed E-state index contributed by atoms with van der Waals surface area (Å²) in [6, 6.07) is 1.47. The normalized spacial score (nSPS) is 13.2. The van der Waals surface area contributed by atoms with Gasteiger partial charge >= 0.3 is 20.0 Å². The number of nitrogen functional groups attached to an aromatic ring is 1. The minimum Gasteiger partial charge on any atom is -0.477 e. The number of hydrogen-bond acceptors (Lipinski definition) is 8.